The van der Waals surface area contributed by atoms with E-state index in [1.165, 1.54) is 12.7 Å². The van der Waals surface area contributed by atoms with Gasteiger partial charge < -0.3 is 20.0 Å². The SMILES string of the molecule is O=C(N[C@@H](CC1CCCCC1)C(=O)N[C@H]1CCCN(C(=O)c2ccccc2)CC1=O)c1ccco1. The average molecular weight is 480 g/mol. The van der Waals surface area contributed by atoms with Crippen LogP contribution in [0.2, 0.25) is 0 Å². The molecule has 2 N–H and O–H groups in total. The second kappa shape index (κ2) is 11.8. The Labute approximate surface area is 205 Å². The van der Waals surface area contributed by atoms with Crippen LogP contribution in [0.5, 0.6) is 0 Å². The number of nitrogens with zero attached hydrogens (tertiary/aromatic N) is 1. The maximum absolute atomic E-state index is 13.3. The molecule has 2 atom stereocenters. The van der Waals surface area contributed by atoms with E-state index < -0.39 is 18.0 Å². The zero-order valence-electron chi connectivity index (χ0n) is 19.9. The normalized spacial score (nSPS) is 20.1. The smallest absolute Gasteiger partial charge is 0.287 e. The van der Waals surface area contributed by atoms with Gasteiger partial charge in [0.05, 0.1) is 18.8 Å². The highest BCUT2D eigenvalue weighted by molar-refractivity contribution is 6.00. The van der Waals surface area contributed by atoms with Gasteiger partial charge >= 0.3 is 0 Å². The summed E-state index contributed by atoms with van der Waals surface area (Å²) in [7, 11) is 0. The number of carbonyl (C=O) groups is 4. The molecule has 2 heterocycles. The molecule has 1 aliphatic heterocycles. The number of carbonyl (C=O) groups excluding carboxylic acids is 4. The number of ketones is 1. The van der Waals surface area contributed by atoms with E-state index in [0.717, 1.165) is 25.7 Å². The summed E-state index contributed by atoms with van der Waals surface area (Å²) in [5.41, 5.74) is 0.538. The lowest BCUT2D eigenvalue weighted by molar-refractivity contribution is -0.129. The van der Waals surface area contributed by atoms with Crippen LogP contribution in [-0.4, -0.2) is 53.6 Å². The fourth-order valence-electron chi connectivity index (χ4n) is 5.01. The van der Waals surface area contributed by atoms with E-state index in [9.17, 15) is 19.2 Å². The highest BCUT2D eigenvalue weighted by atomic mass is 16.3. The molecule has 1 aliphatic carbocycles. The van der Waals surface area contributed by atoms with Crippen LogP contribution < -0.4 is 10.6 Å². The third kappa shape index (κ3) is 6.59. The van der Waals surface area contributed by atoms with Crippen molar-refractivity contribution in [3.8, 4) is 0 Å². The first kappa shape index (κ1) is 24.7. The number of benzene rings is 1. The summed E-state index contributed by atoms with van der Waals surface area (Å²) in [6, 6.07) is 10.6. The predicted octanol–water partition coefficient (Wildman–Crippen LogP) is 3.34. The van der Waals surface area contributed by atoms with Crippen LogP contribution in [0.4, 0.5) is 0 Å². The Kier molecular flexibility index (Phi) is 8.34. The molecule has 2 fully saturated rings. The van der Waals surface area contributed by atoms with Gasteiger partial charge in [0.15, 0.2) is 11.5 Å². The van der Waals surface area contributed by atoms with E-state index in [2.05, 4.69) is 10.6 Å². The van der Waals surface area contributed by atoms with Crippen LogP contribution in [-0.2, 0) is 9.59 Å². The van der Waals surface area contributed by atoms with E-state index in [1.54, 1.807) is 41.3 Å². The first-order valence-electron chi connectivity index (χ1n) is 12.5. The molecule has 4 rings (SSSR count). The topological polar surface area (TPSA) is 109 Å². The largest absolute Gasteiger partial charge is 0.459 e. The van der Waals surface area contributed by atoms with Crippen LogP contribution in [0, 0.1) is 5.92 Å². The van der Waals surface area contributed by atoms with E-state index in [-0.39, 0.29) is 29.9 Å². The molecule has 0 radical (unpaired) electrons. The molecule has 0 unspecified atom stereocenters. The van der Waals surface area contributed by atoms with Crippen molar-refractivity contribution < 1.29 is 23.6 Å². The molecule has 1 saturated heterocycles. The van der Waals surface area contributed by atoms with Crippen LogP contribution in [0.1, 0.15) is 72.3 Å². The molecule has 1 aromatic heterocycles. The molecular weight excluding hydrogens is 446 g/mol. The quantitative estimate of drug-likeness (QED) is 0.633. The fraction of sp³-hybridized carbons (Fsp3) is 0.481. The Hall–Kier alpha value is -3.42. The lowest BCUT2D eigenvalue weighted by atomic mass is 9.84. The monoisotopic (exact) mass is 479 g/mol. The second-order valence-corrected chi connectivity index (χ2v) is 9.51. The Balaban J connectivity index is 1.40. The maximum atomic E-state index is 13.3. The number of Topliss-reactive ketones (excluding diaryl/α,β-unsaturated/α-hetero) is 1. The summed E-state index contributed by atoms with van der Waals surface area (Å²) in [6.07, 6.45) is 8.48. The summed E-state index contributed by atoms with van der Waals surface area (Å²) in [5.74, 6) is -0.706. The molecule has 0 spiro atoms. The van der Waals surface area contributed by atoms with Gasteiger partial charge in [0.25, 0.3) is 11.8 Å². The van der Waals surface area contributed by atoms with E-state index in [1.807, 2.05) is 6.07 Å². The van der Waals surface area contributed by atoms with Crippen LogP contribution in [0.15, 0.2) is 53.1 Å². The number of hydrogen-bond donors (Lipinski definition) is 2. The van der Waals surface area contributed by atoms with Gasteiger partial charge in [0, 0.05) is 12.1 Å². The van der Waals surface area contributed by atoms with Crippen LogP contribution in [0.25, 0.3) is 0 Å². The van der Waals surface area contributed by atoms with Gasteiger partial charge in [-0.3, -0.25) is 19.2 Å². The number of furan rings is 1. The Morgan fingerprint density at radius 1 is 0.971 bits per heavy atom. The van der Waals surface area contributed by atoms with Gasteiger partial charge in [0.2, 0.25) is 5.91 Å². The molecule has 2 aromatic rings. The number of nitrogens with one attached hydrogen (secondary N) is 2. The first-order valence-corrected chi connectivity index (χ1v) is 12.5. The van der Waals surface area contributed by atoms with Crippen molar-refractivity contribution in [3.05, 3.63) is 60.1 Å². The molecule has 186 valence electrons. The Morgan fingerprint density at radius 2 is 1.74 bits per heavy atom. The Morgan fingerprint density at radius 3 is 2.46 bits per heavy atom. The highest BCUT2D eigenvalue weighted by Gasteiger charge is 2.32. The molecule has 3 amide bonds. The third-order valence-corrected chi connectivity index (χ3v) is 6.94. The van der Waals surface area contributed by atoms with Gasteiger partial charge in [-0.1, -0.05) is 50.3 Å². The molecule has 2 aliphatic rings. The first-order chi connectivity index (χ1) is 17.0. The number of amides is 3. The summed E-state index contributed by atoms with van der Waals surface area (Å²) >= 11 is 0. The zero-order chi connectivity index (χ0) is 24.6. The summed E-state index contributed by atoms with van der Waals surface area (Å²) in [4.78, 5) is 53.3. The summed E-state index contributed by atoms with van der Waals surface area (Å²) < 4.78 is 5.18. The predicted molar refractivity (Wildman–Crippen MR) is 130 cm³/mol. The van der Waals surface area contributed by atoms with Crippen LogP contribution >= 0.6 is 0 Å². The second-order valence-electron chi connectivity index (χ2n) is 9.51. The third-order valence-electron chi connectivity index (χ3n) is 6.94. The number of likely N-dealkylation sites (tertiary alicyclic amines) is 1. The van der Waals surface area contributed by atoms with Gasteiger partial charge in [-0.2, -0.15) is 0 Å². The van der Waals surface area contributed by atoms with Crippen molar-refractivity contribution in [2.24, 2.45) is 5.92 Å². The summed E-state index contributed by atoms with van der Waals surface area (Å²) in [5, 5.41) is 5.69. The van der Waals surface area contributed by atoms with E-state index >= 15 is 0 Å². The number of hydrogen-bond acceptors (Lipinski definition) is 5. The average Bonchev–Trinajstić information content (AvgIpc) is 3.36. The van der Waals surface area contributed by atoms with Gasteiger partial charge in [0.1, 0.15) is 6.04 Å². The molecule has 35 heavy (non-hydrogen) atoms. The molecule has 1 aromatic carbocycles. The van der Waals surface area contributed by atoms with Gasteiger partial charge in [-0.15, -0.1) is 0 Å². The molecular formula is C27H33N3O5. The minimum absolute atomic E-state index is 0.0509. The molecule has 1 saturated carbocycles. The van der Waals surface area contributed by atoms with Gasteiger partial charge in [-0.05, 0) is 49.4 Å². The van der Waals surface area contributed by atoms with Crippen molar-refractivity contribution in [2.45, 2.75) is 63.5 Å². The van der Waals surface area contributed by atoms with E-state index in [0.29, 0.717) is 37.3 Å². The van der Waals surface area contributed by atoms with Crippen molar-refractivity contribution in [2.75, 3.05) is 13.1 Å². The maximum Gasteiger partial charge on any atom is 0.287 e. The van der Waals surface area contributed by atoms with Crippen molar-refractivity contribution >= 4 is 23.5 Å². The summed E-state index contributed by atoms with van der Waals surface area (Å²) in [6.45, 7) is 0.400. The van der Waals surface area contributed by atoms with Crippen molar-refractivity contribution in [3.63, 3.8) is 0 Å². The van der Waals surface area contributed by atoms with Crippen molar-refractivity contribution in [1.82, 2.24) is 15.5 Å². The van der Waals surface area contributed by atoms with Gasteiger partial charge in [-0.25, -0.2) is 0 Å². The van der Waals surface area contributed by atoms with Crippen LogP contribution in [0.3, 0.4) is 0 Å². The molecule has 8 heteroatoms. The van der Waals surface area contributed by atoms with Crippen molar-refractivity contribution in [1.29, 1.82) is 0 Å². The molecule has 8 nitrogen and oxygen atoms in total. The number of rotatable bonds is 7. The zero-order valence-corrected chi connectivity index (χ0v) is 19.9. The Bertz CT molecular complexity index is 1010. The molecule has 0 bridgehead atoms. The lowest BCUT2D eigenvalue weighted by Crippen LogP contribution is -2.53. The minimum atomic E-state index is -0.756. The lowest BCUT2D eigenvalue weighted by Gasteiger charge is -2.27. The standard InChI is InChI=1S/C27H33N3O5/c31-23-18-30(27(34)20-11-5-2-6-12-20)15-7-13-21(23)28-25(32)22(17-19-9-3-1-4-10-19)29-26(33)24-14-8-16-35-24/h2,5-6,8,11-12,14,16,19,21-22H,1,3-4,7,9-10,13,15,17-18H2,(H,28,32)(H,29,33)/t21-,22-/m0/s1. The fourth-order valence-corrected chi connectivity index (χ4v) is 5.01. The highest BCUT2D eigenvalue weighted by Crippen LogP contribution is 2.27. The minimum Gasteiger partial charge on any atom is -0.459 e. The van der Waals surface area contributed by atoms with E-state index in [4.69, 9.17) is 4.42 Å².